The Bertz CT molecular complexity index is 746. The molecule has 0 bridgehead atoms. The first-order valence-corrected chi connectivity index (χ1v) is 8.10. The van der Waals surface area contributed by atoms with Gasteiger partial charge < -0.3 is 9.80 Å². The molecule has 0 N–H and O–H groups in total. The number of alkyl halides is 3. The fraction of sp³-hybridized carbons (Fsp3) is 0.316. The molecule has 0 saturated carbocycles. The number of anilines is 1. The van der Waals surface area contributed by atoms with Gasteiger partial charge in [0, 0.05) is 17.8 Å². The van der Waals surface area contributed by atoms with E-state index in [0.717, 1.165) is 25.1 Å². The van der Waals surface area contributed by atoms with Crippen molar-refractivity contribution in [3.8, 4) is 0 Å². The van der Waals surface area contributed by atoms with Gasteiger partial charge >= 0.3 is 6.18 Å². The summed E-state index contributed by atoms with van der Waals surface area (Å²) in [6, 6.07) is 13.7. The third kappa shape index (κ3) is 3.85. The van der Waals surface area contributed by atoms with Gasteiger partial charge in [-0.25, -0.2) is 0 Å². The summed E-state index contributed by atoms with van der Waals surface area (Å²) < 4.78 is 38.9. The van der Waals surface area contributed by atoms with Gasteiger partial charge in [0.1, 0.15) is 0 Å². The lowest BCUT2D eigenvalue weighted by Gasteiger charge is -2.29. The first kappa shape index (κ1) is 17.5. The van der Waals surface area contributed by atoms with Crippen molar-refractivity contribution in [3.63, 3.8) is 0 Å². The monoisotopic (exact) mass is 348 g/mol. The second-order valence-corrected chi connectivity index (χ2v) is 6.29. The molecule has 1 unspecified atom stereocenters. The Balaban J connectivity index is 1.97. The van der Waals surface area contributed by atoms with E-state index < -0.39 is 17.6 Å². The summed E-state index contributed by atoms with van der Waals surface area (Å²) in [5.74, 6) is -0.405. The van der Waals surface area contributed by atoms with Crippen LogP contribution in [0.25, 0.3) is 0 Å². The second-order valence-electron chi connectivity index (χ2n) is 6.29. The van der Waals surface area contributed by atoms with Crippen molar-refractivity contribution in [1.82, 2.24) is 4.90 Å². The van der Waals surface area contributed by atoms with Crippen LogP contribution in [0.5, 0.6) is 0 Å². The van der Waals surface area contributed by atoms with Gasteiger partial charge in [-0.05, 0) is 50.3 Å². The first-order chi connectivity index (χ1) is 11.9. The lowest BCUT2D eigenvalue weighted by molar-refractivity contribution is -0.137. The fourth-order valence-corrected chi connectivity index (χ4v) is 3.17. The minimum atomic E-state index is -4.47. The Morgan fingerprint density at radius 1 is 1.12 bits per heavy atom. The maximum absolute atomic E-state index is 13.1. The summed E-state index contributed by atoms with van der Waals surface area (Å²) in [6.45, 7) is 1.55. The lowest BCUT2D eigenvalue weighted by atomic mass is 10.1. The number of amides is 1. The van der Waals surface area contributed by atoms with Gasteiger partial charge in [0.2, 0.25) is 0 Å². The molecule has 0 aliphatic carbocycles. The third-order valence-corrected chi connectivity index (χ3v) is 4.42. The molecule has 132 valence electrons. The van der Waals surface area contributed by atoms with Crippen molar-refractivity contribution < 1.29 is 18.0 Å². The molecule has 3 rings (SSSR count). The average Bonchev–Trinajstić information content (AvgIpc) is 3.01. The van der Waals surface area contributed by atoms with E-state index in [2.05, 4.69) is 4.90 Å². The van der Waals surface area contributed by atoms with Gasteiger partial charge in [0.05, 0.1) is 11.6 Å². The molecule has 1 aliphatic heterocycles. The van der Waals surface area contributed by atoms with Crippen molar-refractivity contribution in [1.29, 1.82) is 0 Å². The van der Waals surface area contributed by atoms with E-state index in [9.17, 15) is 18.0 Å². The molecular weight excluding hydrogens is 329 g/mol. The maximum atomic E-state index is 13.1. The zero-order valence-electron chi connectivity index (χ0n) is 13.8. The Kier molecular flexibility index (Phi) is 4.81. The van der Waals surface area contributed by atoms with Gasteiger partial charge in [-0.2, -0.15) is 13.2 Å². The van der Waals surface area contributed by atoms with E-state index in [1.165, 1.54) is 12.1 Å². The maximum Gasteiger partial charge on any atom is 0.416 e. The van der Waals surface area contributed by atoms with Crippen LogP contribution in [0.15, 0.2) is 54.6 Å². The highest BCUT2D eigenvalue weighted by Gasteiger charge is 2.34. The van der Waals surface area contributed by atoms with Crippen molar-refractivity contribution in [2.75, 3.05) is 25.0 Å². The molecule has 1 fully saturated rings. The predicted octanol–water partition coefficient (Wildman–Crippen LogP) is 4.06. The summed E-state index contributed by atoms with van der Waals surface area (Å²) in [4.78, 5) is 16.8. The second kappa shape index (κ2) is 6.88. The van der Waals surface area contributed by atoms with Crippen molar-refractivity contribution in [2.45, 2.75) is 18.6 Å². The van der Waals surface area contributed by atoms with Crippen LogP contribution in [-0.2, 0) is 6.18 Å². The highest BCUT2D eigenvalue weighted by molar-refractivity contribution is 6.06. The molecule has 2 aromatic rings. The van der Waals surface area contributed by atoms with Crippen molar-refractivity contribution >= 4 is 11.6 Å². The molecule has 6 heteroatoms. The predicted molar refractivity (Wildman–Crippen MR) is 90.6 cm³/mol. The van der Waals surface area contributed by atoms with E-state index in [0.29, 0.717) is 12.2 Å². The standard InChI is InChI=1S/C19H19F3N2O/c1-23-11-10-17(13-23)24(16-8-3-2-4-9-16)18(25)14-6-5-7-15(12-14)19(20,21)22/h2-9,12,17H,10-11,13H2,1H3. The van der Waals surface area contributed by atoms with Crippen LogP contribution in [0.2, 0.25) is 0 Å². The van der Waals surface area contributed by atoms with Gasteiger partial charge in [-0.3, -0.25) is 4.79 Å². The Morgan fingerprint density at radius 2 is 1.84 bits per heavy atom. The Hall–Kier alpha value is -2.34. The van der Waals surface area contributed by atoms with Crippen molar-refractivity contribution in [2.24, 2.45) is 0 Å². The van der Waals surface area contributed by atoms with Crippen LogP contribution in [0.1, 0.15) is 22.3 Å². The molecule has 1 aliphatic rings. The highest BCUT2D eigenvalue weighted by Crippen LogP contribution is 2.31. The normalized spacial score (nSPS) is 18.3. The fourth-order valence-electron chi connectivity index (χ4n) is 3.17. The molecule has 3 nitrogen and oxygen atoms in total. The van der Waals surface area contributed by atoms with Gasteiger partial charge in [0.15, 0.2) is 0 Å². The van der Waals surface area contributed by atoms with Crippen LogP contribution in [-0.4, -0.2) is 37.0 Å². The smallest absolute Gasteiger partial charge is 0.304 e. The van der Waals surface area contributed by atoms with Crippen LogP contribution >= 0.6 is 0 Å². The quantitative estimate of drug-likeness (QED) is 0.835. The molecule has 1 amide bonds. The largest absolute Gasteiger partial charge is 0.416 e. The SMILES string of the molecule is CN1CCC(N(C(=O)c2cccc(C(F)(F)F)c2)c2ccccc2)C1. The number of carbonyl (C=O) groups excluding carboxylic acids is 1. The summed E-state index contributed by atoms with van der Waals surface area (Å²) in [6.07, 6.45) is -3.68. The number of benzene rings is 2. The van der Waals surface area contributed by atoms with Gasteiger partial charge in [-0.15, -0.1) is 0 Å². The topological polar surface area (TPSA) is 23.6 Å². The number of likely N-dealkylation sites (N-methyl/N-ethyl adjacent to an activating group) is 1. The first-order valence-electron chi connectivity index (χ1n) is 8.10. The summed E-state index contributed by atoms with van der Waals surface area (Å²) in [5.41, 5.74) is -0.0617. The molecule has 25 heavy (non-hydrogen) atoms. The van der Waals surface area contributed by atoms with Gasteiger partial charge in [-0.1, -0.05) is 24.3 Å². The van der Waals surface area contributed by atoms with E-state index >= 15 is 0 Å². The molecule has 0 radical (unpaired) electrons. The van der Waals surface area contributed by atoms with Crippen molar-refractivity contribution in [3.05, 3.63) is 65.7 Å². The van der Waals surface area contributed by atoms with Crippen LogP contribution in [0, 0.1) is 0 Å². The molecule has 1 heterocycles. The average molecular weight is 348 g/mol. The summed E-state index contributed by atoms with van der Waals surface area (Å²) in [5, 5.41) is 0. The molecule has 1 atom stereocenters. The summed E-state index contributed by atoms with van der Waals surface area (Å²) in [7, 11) is 1.97. The minimum absolute atomic E-state index is 0.0493. The number of hydrogen-bond acceptors (Lipinski definition) is 2. The minimum Gasteiger partial charge on any atom is -0.304 e. The van der Waals surface area contributed by atoms with Crippen LogP contribution in [0.3, 0.4) is 0 Å². The zero-order valence-corrected chi connectivity index (χ0v) is 13.8. The number of likely N-dealkylation sites (tertiary alicyclic amines) is 1. The number of hydrogen-bond donors (Lipinski definition) is 0. The van der Waals surface area contributed by atoms with Gasteiger partial charge in [0.25, 0.3) is 5.91 Å². The number of carbonyl (C=O) groups is 1. The molecule has 2 aromatic carbocycles. The number of halogens is 3. The molecular formula is C19H19F3N2O. The zero-order chi connectivity index (χ0) is 18.0. The summed E-state index contributed by atoms with van der Waals surface area (Å²) >= 11 is 0. The highest BCUT2D eigenvalue weighted by atomic mass is 19.4. The van der Waals surface area contributed by atoms with Crippen LogP contribution < -0.4 is 4.90 Å². The van der Waals surface area contributed by atoms with E-state index in [1.54, 1.807) is 4.90 Å². The lowest BCUT2D eigenvalue weighted by Crippen LogP contribution is -2.42. The third-order valence-electron chi connectivity index (χ3n) is 4.42. The van der Waals surface area contributed by atoms with E-state index in [-0.39, 0.29) is 11.6 Å². The van der Waals surface area contributed by atoms with E-state index in [1.807, 2.05) is 37.4 Å². The van der Waals surface area contributed by atoms with Crippen LogP contribution in [0.4, 0.5) is 18.9 Å². The number of para-hydroxylation sites is 1. The molecule has 1 saturated heterocycles. The number of rotatable bonds is 3. The van der Waals surface area contributed by atoms with E-state index in [4.69, 9.17) is 0 Å². The molecule has 0 spiro atoms. The Morgan fingerprint density at radius 3 is 2.44 bits per heavy atom. The molecule has 0 aromatic heterocycles. The Labute approximate surface area is 144 Å². The number of nitrogens with zero attached hydrogens (tertiary/aromatic N) is 2.